The molecule has 0 radical (unpaired) electrons. The Hall–Kier alpha value is -1.12. The fourth-order valence-electron chi connectivity index (χ4n) is 3.28. The molecule has 106 valence electrons. The monoisotopic (exact) mass is 288 g/mol. The summed E-state index contributed by atoms with van der Waals surface area (Å²) in [7, 11) is 0. The van der Waals surface area contributed by atoms with Gasteiger partial charge in [-0.15, -0.1) is 11.6 Å². The van der Waals surface area contributed by atoms with Gasteiger partial charge in [-0.3, -0.25) is 9.88 Å². The molecule has 1 heterocycles. The Bertz CT molecular complexity index is 558. The average Bonchev–Trinajstić information content (AvgIpc) is 3.01. The van der Waals surface area contributed by atoms with Gasteiger partial charge >= 0.3 is 0 Å². The van der Waals surface area contributed by atoms with Gasteiger partial charge in [-0.1, -0.05) is 37.1 Å². The molecule has 0 aliphatic heterocycles. The molecule has 20 heavy (non-hydrogen) atoms. The van der Waals surface area contributed by atoms with Crippen molar-refractivity contribution in [2.75, 3.05) is 12.4 Å². The van der Waals surface area contributed by atoms with E-state index in [4.69, 9.17) is 11.6 Å². The second-order valence-corrected chi connectivity index (χ2v) is 5.97. The van der Waals surface area contributed by atoms with E-state index < -0.39 is 0 Å². The lowest BCUT2D eigenvalue weighted by molar-refractivity contribution is 0.202. The molecule has 3 heteroatoms. The highest BCUT2D eigenvalue weighted by Crippen LogP contribution is 2.26. The van der Waals surface area contributed by atoms with E-state index in [2.05, 4.69) is 34.1 Å². The molecule has 1 saturated carbocycles. The Morgan fingerprint density at radius 3 is 2.75 bits per heavy atom. The van der Waals surface area contributed by atoms with Gasteiger partial charge in [-0.25, -0.2) is 0 Å². The van der Waals surface area contributed by atoms with Crippen LogP contribution >= 0.6 is 11.6 Å². The quantitative estimate of drug-likeness (QED) is 0.766. The minimum atomic E-state index is 0.702. The van der Waals surface area contributed by atoms with E-state index >= 15 is 0 Å². The van der Waals surface area contributed by atoms with Gasteiger partial charge in [0.1, 0.15) is 0 Å². The number of nitrogens with zero attached hydrogens (tertiary/aromatic N) is 2. The molecule has 0 amide bonds. The summed E-state index contributed by atoms with van der Waals surface area (Å²) in [6, 6.07) is 11.3. The lowest BCUT2D eigenvalue weighted by Crippen LogP contribution is -2.34. The third-order valence-electron chi connectivity index (χ3n) is 4.30. The molecule has 1 aromatic carbocycles. The normalized spacial score (nSPS) is 16.3. The summed E-state index contributed by atoms with van der Waals surface area (Å²) in [5.41, 5.74) is 2.45. The molecular formula is C17H21ClN2. The summed E-state index contributed by atoms with van der Waals surface area (Å²) in [5.74, 6) is 0.703. The second kappa shape index (κ2) is 6.55. The van der Waals surface area contributed by atoms with E-state index in [9.17, 15) is 0 Å². The number of hydrogen-bond donors (Lipinski definition) is 0. The van der Waals surface area contributed by atoms with Gasteiger partial charge in [0.2, 0.25) is 0 Å². The highest BCUT2D eigenvalue weighted by Gasteiger charge is 2.22. The summed E-state index contributed by atoms with van der Waals surface area (Å²) >= 11 is 6.00. The average molecular weight is 289 g/mol. The molecule has 1 aliphatic carbocycles. The zero-order valence-electron chi connectivity index (χ0n) is 11.8. The molecule has 1 aromatic heterocycles. The lowest BCUT2D eigenvalue weighted by Gasteiger charge is -2.28. The first kappa shape index (κ1) is 13.8. The number of para-hydroxylation sites is 1. The number of alkyl halides is 1. The summed E-state index contributed by atoms with van der Waals surface area (Å²) in [5, 5.41) is 1.22. The maximum atomic E-state index is 6.00. The fraction of sp³-hybridized carbons (Fsp3) is 0.471. The molecule has 1 fully saturated rings. The summed E-state index contributed by atoms with van der Waals surface area (Å²) in [4.78, 5) is 7.11. The predicted octanol–water partition coefficient (Wildman–Crippen LogP) is 4.22. The molecule has 0 saturated heterocycles. The van der Waals surface area contributed by atoms with Crippen molar-refractivity contribution in [3.8, 4) is 0 Å². The third kappa shape index (κ3) is 2.97. The first-order chi connectivity index (χ1) is 9.88. The van der Waals surface area contributed by atoms with Crippen LogP contribution in [-0.4, -0.2) is 28.4 Å². The Balaban J connectivity index is 1.86. The first-order valence-electron chi connectivity index (χ1n) is 7.51. The van der Waals surface area contributed by atoms with E-state index in [0.29, 0.717) is 11.9 Å². The number of rotatable bonds is 5. The highest BCUT2D eigenvalue weighted by atomic mass is 35.5. The van der Waals surface area contributed by atoms with Crippen LogP contribution in [0.25, 0.3) is 10.9 Å². The molecular weight excluding hydrogens is 268 g/mol. The van der Waals surface area contributed by atoms with Crippen molar-refractivity contribution in [2.45, 2.75) is 38.3 Å². The summed E-state index contributed by atoms with van der Waals surface area (Å²) in [6.45, 7) is 1.93. The van der Waals surface area contributed by atoms with Gasteiger partial charge in [0.25, 0.3) is 0 Å². The van der Waals surface area contributed by atoms with E-state index in [0.717, 1.165) is 18.6 Å². The van der Waals surface area contributed by atoms with Crippen LogP contribution in [-0.2, 0) is 6.54 Å². The van der Waals surface area contributed by atoms with Crippen LogP contribution in [0.2, 0.25) is 0 Å². The van der Waals surface area contributed by atoms with Crippen molar-refractivity contribution >= 4 is 22.5 Å². The van der Waals surface area contributed by atoms with E-state index in [1.165, 1.54) is 36.6 Å². The summed E-state index contributed by atoms with van der Waals surface area (Å²) in [6.07, 6.45) is 7.23. The third-order valence-corrected chi connectivity index (χ3v) is 4.47. The van der Waals surface area contributed by atoms with Crippen LogP contribution in [0, 0.1) is 0 Å². The van der Waals surface area contributed by atoms with Gasteiger partial charge in [-0.2, -0.15) is 0 Å². The van der Waals surface area contributed by atoms with Crippen molar-refractivity contribution in [1.82, 2.24) is 9.88 Å². The Kier molecular flexibility index (Phi) is 4.54. The molecule has 0 bridgehead atoms. The minimum Gasteiger partial charge on any atom is -0.295 e. The number of fused-ring (bicyclic) bond motifs is 1. The van der Waals surface area contributed by atoms with Crippen molar-refractivity contribution in [3.05, 3.63) is 42.1 Å². The molecule has 1 aliphatic rings. The Morgan fingerprint density at radius 1 is 1.15 bits per heavy atom. The zero-order chi connectivity index (χ0) is 13.8. The molecule has 0 unspecified atom stereocenters. The van der Waals surface area contributed by atoms with Crippen LogP contribution in [0.3, 0.4) is 0 Å². The van der Waals surface area contributed by atoms with Crippen molar-refractivity contribution in [1.29, 1.82) is 0 Å². The zero-order valence-corrected chi connectivity index (χ0v) is 12.5. The number of halogens is 1. The molecule has 0 N–H and O–H groups in total. The summed E-state index contributed by atoms with van der Waals surface area (Å²) < 4.78 is 0. The van der Waals surface area contributed by atoms with E-state index in [1.807, 2.05) is 12.3 Å². The predicted molar refractivity (Wildman–Crippen MR) is 85.1 cm³/mol. The molecule has 3 rings (SSSR count). The molecule has 0 spiro atoms. The van der Waals surface area contributed by atoms with Gasteiger partial charge in [0.15, 0.2) is 0 Å². The maximum absolute atomic E-state index is 6.00. The standard InChI is InChI=1S/C17H21ClN2/c18-10-12-20(16-8-1-2-9-16)13-15-6-3-5-14-7-4-11-19-17(14)15/h3-7,11,16H,1-2,8-10,12-13H2. The molecule has 2 aromatic rings. The number of aromatic nitrogens is 1. The smallest absolute Gasteiger partial charge is 0.0746 e. The van der Waals surface area contributed by atoms with Crippen LogP contribution in [0.5, 0.6) is 0 Å². The van der Waals surface area contributed by atoms with Crippen LogP contribution in [0.4, 0.5) is 0 Å². The number of benzene rings is 1. The fourth-order valence-corrected chi connectivity index (χ4v) is 3.50. The first-order valence-corrected chi connectivity index (χ1v) is 8.04. The molecule has 0 atom stereocenters. The van der Waals surface area contributed by atoms with Crippen molar-refractivity contribution in [3.63, 3.8) is 0 Å². The van der Waals surface area contributed by atoms with Crippen LogP contribution in [0.15, 0.2) is 36.5 Å². The molecule has 2 nitrogen and oxygen atoms in total. The van der Waals surface area contributed by atoms with E-state index in [1.54, 1.807) is 0 Å². The van der Waals surface area contributed by atoms with Crippen LogP contribution in [0.1, 0.15) is 31.2 Å². The van der Waals surface area contributed by atoms with E-state index in [-0.39, 0.29) is 0 Å². The van der Waals surface area contributed by atoms with Crippen molar-refractivity contribution < 1.29 is 0 Å². The van der Waals surface area contributed by atoms with Gasteiger partial charge in [0.05, 0.1) is 5.52 Å². The van der Waals surface area contributed by atoms with Gasteiger partial charge in [0, 0.05) is 36.6 Å². The van der Waals surface area contributed by atoms with Gasteiger partial charge < -0.3 is 0 Å². The number of pyridine rings is 1. The SMILES string of the molecule is ClCCN(Cc1cccc2cccnc12)C1CCCC1. The van der Waals surface area contributed by atoms with Gasteiger partial charge in [-0.05, 0) is 24.5 Å². The number of hydrogen-bond acceptors (Lipinski definition) is 2. The van der Waals surface area contributed by atoms with Crippen molar-refractivity contribution in [2.24, 2.45) is 0 Å². The minimum absolute atomic E-state index is 0.702. The topological polar surface area (TPSA) is 16.1 Å². The Morgan fingerprint density at radius 2 is 1.95 bits per heavy atom. The van der Waals surface area contributed by atoms with Crippen LogP contribution < -0.4 is 0 Å². The largest absolute Gasteiger partial charge is 0.295 e. The highest BCUT2D eigenvalue weighted by molar-refractivity contribution is 6.18. The Labute approximate surface area is 125 Å². The maximum Gasteiger partial charge on any atom is 0.0746 e. The second-order valence-electron chi connectivity index (χ2n) is 5.59. The lowest BCUT2D eigenvalue weighted by atomic mass is 10.1.